The van der Waals surface area contributed by atoms with Gasteiger partial charge in [-0.2, -0.15) is 0 Å². The fourth-order valence-electron chi connectivity index (χ4n) is 2.21. The first-order valence-electron chi connectivity index (χ1n) is 6.27. The molecule has 0 saturated heterocycles. The number of benzene rings is 1. The first kappa shape index (κ1) is 14.2. The molecule has 0 atom stereocenters. The van der Waals surface area contributed by atoms with E-state index in [1.54, 1.807) is 31.4 Å². The second kappa shape index (κ2) is 5.45. The molecule has 2 rings (SSSR count). The van der Waals surface area contributed by atoms with Crippen molar-refractivity contribution < 1.29 is 18.3 Å². The van der Waals surface area contributed by atoms with Gasteiger partial charge in [0.05, 0.1) is 17.9 Å². The summed E-state index contributed by atoms with van der Waals surface area (Å²) < 4.78 is 33.4. The van der Waals surface area contributed by atoms with Gasteiger partial charge in [-0.3, -0.25) is 0 Å². The Kier molecular flexibility index (Phi) is 3.88. The minimum Gasteiger partial charge on any atom is -0.462 e. The van der Waals surface area contributed by atoms with Crippen LogP contribution in [0.1, 0.15) is 28.7 Å². The van der Waals surface area contributed by atoms with Crippen molar-refractivity contribution >= 4 is 5.97 Å². The zero-order chi connectivity index (χ0) is 14.9. The van der Waals surface area contributed by atoms with Crippen molar-refractivity contribution in [3.8, 4) is 5.69 Å². The minimum absolute atomic E-state index is 0.206. The number of halogens is 2. The van der Waals surface area contributed by atoms with E-state index in [0.29, 0.717) is 17.0 Å². The normalized spacial score (nSPS) is 10.7. The maximum absolute atomic E-state index is 13.9. The second-order valence-electron chi connectivity index (χ2n) is 4.44. The van der Waals surface area contributed by atoms with E-state index in [2.05, 4.69) is 0 Å². The van der Waals surface area contributed by atoms with Crippen LogP contribution in [0.25, 0.3) is 5.69 Å². The second-order valence-corrected chi connectivity index (χ2v) is 4.44. The molecular weight excluding hydrogens is 264 g/mol. The van der Waals surface area contributed by atoms with Crippen LogP contribution in [-0.4, -0.2) is 17.1 Å². The summed E-state index contributed by atoms with van der Waals surface area (Å²) in [5.41, 5.74) is 1.83. The average molecular weight is 279 g/mol. The molecule has 3 nitrogen and oxygen atoms in total. The van der Waals surface area contributed by atoms with Gasteiger partial charge < -0.3 is 9.30 Å². The number of nitrogens with zero attached hydrogens (tertiary/aromatic N) is 1. The number of ether oxygens (including phenoxy) is 1. The molecule has 0 aliphatic rings. The quantitative estimate of drug-likeness (QED) is 0.805. The summed E-state index contributed by atoms with van der Waals surface area (Å²) in [5, 5.41) is 0. The molecule has 0 aliphatic heterocycles. The predicted molar refractivity (Wildman–Crippen MR) is 71.1 cm³/mol. The van der Waals surface area contributed by atoms with Crippen LogP contribution >= 0.6 is 0 Å². The molecule has 0 amide bonds. The zero-order valence-corrected chi connectivity index (χ0v) is 11.5. The maximum Gasteiger partial charge on any atom is 0.339 e. The van der Waals surface area contributed by atoms with Gasteiger partial charge in [0, 0.05) is 17.5 Å². The monoisotopic (exact) mass is 279 g/mol. The van der Waals surface area contributed by atoms with E-state index >= 15 is 0 Å². The highest BCUT2D eigenvalue weighted by Crippen LogP contribution is 2.23. The SMILES string of the molecule is CCOC(=O)c1cc(C)n(-c2ccc(F)cc2F)c1C. The lowest BCUT2D eigenvalue weighted by molar-refractivity contribution is 0.0525. The number of carbonyl (C=O) groups is 1. The van der Waals surface area contributed by atoms with Crippen molar-refractivity contribution in [1.82, 2.24) is 4.57 Å². The Labute approximate surface area is 115 Å². The average Bonchev–Trinajstić information content (AvgIpc) is 2.66. The molecule has 0 saturated carbocycles. The third-order valence-corrected chi connectivity index (χ3v) is 3.08. The highest BCUT2D eigenvalue weighted by Gasteiger charge is 2.19. The van der Waals surface area contributed by atoms with E-state index in [1.165, 1.54) is 12.1 Å². The van der Waals surface area contributed by atoms with Gasteiger partial charge in [0.15, 0.2) is 0 Å². The van der Waals surface area contributed by atoms with E-state index in [1.807, 2.05) is 0 Å². The number of rotatable bonds is 3. The van der Waals surface area contributed by atoms with Crippen molar-refractivity contribution in [2.75, 3.05) is 6.61 Å². The van der Waals surface area contributed by atoms with Gasteiger partial charge in [-0.05, 0) is 39.0 Å². The molecule has 0 aliphatic carbocycles. The van der Waals surface area contributed by atoms with Gasteiger partial charge in [-0.25, -0.2) is 13.6 Å². The fraction of sp³-hybridized carbons (Fsp3) is 0.267. The summed E-state index contributed by atoms with van der Waals surface area (Å²) in [6.45, 7) is 5.44. The summed E-state index contributed by atoms with van der Waals surface area (Å²) in [4.78, 5) is 11.8. The Bertz CT molecular complexity index is 662. The Balaban J connectivity index is 2.55. The van der Waals surface area contributed by atoms with Gasteiger partial charge in [0.25, 0.3) is 0 Å². The molecule has 0 N–H and O–H groups in total. The van der Waals surface area contributed by atoms with E-state index in [9.17, 15) is 13.6 Å². The molecule has 1 heterocycles. The third kappa shape index (κ3) is 2.43. The van der Waals surface area contributed by atoms with Gasteiger partial charge in [-0.15, -0.1) is 0 Å². The predicted octanol–water partition coefficient (Wildman–Crippen LogP) is 3.55. The van der Waals surface area contributed by atoms with Crippen molar-refractivity contribution in [1.29, 1.82) is 0 Å². The van der Waals surface area contributed by atoms with Crippen LogP contribution in [0.4, 0.5) is 8.78 Å². The molecule has 0 spiro atoms. The van der Waals surface area contributed by atoms with Crippen LogP contribution in [0.5, 0.6) is 0 Å². The standard InChI is InChI=1S/C15H15F2NO2/c1-4-20-15(19)12-7-9(2)18(10(12)3)14-6-5-11(16)8-13(14)17/h5-8H,4H2,1-3H3. The summed E-state index contributed by atoms with van der Waals surface area (Å²) in [6, 6.07) is 4.98. The molecule has 5 heteroatoms. The Hall–Kier alpha value is -2.17. The third-order valence-electron chi connectivity index (χ3n) is 3.08. The largest absolute Gasteiger partial charge is 0.462 e. The number of carbonyl (C=O) groups excluding carboxylic acids is 1. The topological polar surface area (TPSA) is 31.2 Å². The van der Waals surface area contributed by atoms with Crippen LogP contribution in [-0.2, 0) is 4.74 Å². The molecular formula is C15H15F2NO2. The van der Waals surface area contributed by atoms with Gasteiger partial charge >= 0.3 is 5.97 Å². The Morgan fingerprint density at radius 1 is 1.25 bits per heavy atom. The van der Waals surface area contributed by atoms with Crippen molar-refractivity contribution in [2.45, 2.75) is 20.8 Å². The molecule has 1 aromatic carbocycles. The highest BCUT2D eigenvalue weighted by molar-refractivity contribution is 5.91. The fourth-order valence-corrected chi connectivity index (χ4v) is 2.21. The van der Waals surface area contributed by atoms with Crippen LogP contribution in [0.15, 0.2) is 24.3 Å². The lowest BCUT2D eigenvalue weighted by Gasteiger charge is -2.11. The van der Waals surface area contributed by atoms with E-state index in [0.717, 1.165) is 6.07 Å². The minimum atomic E-state index is -0.679. The summed E-state index contributed by atoms with van der Waals surface area (Å²) in [7, 11) is 0. The number of hydrogen-bond donors (Lipinski definition) is 0. The number of hydrogen-bond acceptors (Lipinski definition) is 2. The molecule has 0 bridgehead atoms. The van der Waals surface area contributed by atoms with Crippen LogP contribution in [0.3, 0.4) is 0 Å². The first-order chi connectivity index (χ1) is 9.45. The molecule has 2 aromatic rings. The number of aryl methyl sites for hydroxylation is 1. The lowest BCUT2D eigenvalue weighted by Crippen LogP contribution is -2.07. The summed E-state index contributed by atoms with van der Waals surface area (Å²) in [6.07, 6.45) is 0. The first-order valence-corrected chi connectivity index (χ1v) is 6.27. The van der Waals surface area contributed by atoms with Crippen molar-refractivity contribution in [3.05, 3.63) is 52.9 Å². The zero-order valence-electron chi connectivity index (χ0n) is 11.5. The van der Waals surface area contributed by atoms with Crippen LogP contribution < -0.4 is 0 Å². The highest BCUT2D eigenvalue weighted by atomic mass is 19.1. The number of aromatic nitrogens is 1. The van der Waals surface area contributed by atoms with E-state index in [4.69, 9.17) is 4.74 Å². The smallest absolute Gasteiger partial charge is 0.339 e. The van der Waals surface area contributed by atoms with Crippen LogP contribution in [0.2, 0.25) is 0 Å². The van der Waals surface area contributed by atoms with Gasteiger partial charge in [0.1, 0.15) is 11.6 Å². The van der Waals surface area contributed by atoms with Crippen molar-refractivity contribution in [2.24, 2.45) is 0 Å². The number of esters is 1. The van der Waals surface area contributed by atoms with Gasteiger partial charge in [-0.1, -0.05) is 0 Å². The Morgan fingerprint density at radius 2 is 1.95 bits per heavy atom. The van der Waals surface area contributed by atoms with Gasteiger partial charge in [0.2, 0.25) is 0 Å². The molecule has 1 aromatic heterocycles. The summed E-state index contributed by atoms with van der Waals surface area (Å²) >= 11 is 0. The van der Waals surface area contributed by atoms with Crippen LogP contribution in [0, 0.1) is 25.5 Å². The lowest BCUT2D eigenvalue weighted by atomic mass is 10.2. The molecule has 106 valence electrons. The maximum atomic E-state index is 13.9. The van der Waals surface area contributed by atoms with Crippen molar-refractivity contribution in [3.63, 3.8) is 0 Å². The Morgan fingerprint density at radius 3 is 2.55 bits per heavy atom. The van der Waals surface area contributed by atoms with E-state index in [-0.39, 0.29) is 12.3 Å². The molecule has 0 fully saturated rings. The molecule has 0 radical (unpaired) electrons. The molecule has 0 unspecified atom stereocenters. The van der Waals surface area contributed by atoms with E-state index < -0.39 is 17.6 Å². The molecule has 20 heavy (non-hydrogen) atoms. The summed E-state index contributed by atoms with van der Waals surface area (Å²) in [5.74, 6) is -1.77.